The fourth-order valence-electron chi connectivity index (χ4n) is 5.73. The van der Waals surface area contributed by atoms with Gasteiger partial charge in [-0.1, -0.05) is 127 Å². The number of nitrogens with zero attached hydrogens (tertiary/aromatic N) is 1. The number of benzene rings is 7. The van der Waals surface area contributed by atoms with Crippen molar-refractivity contribution in [1.82, 2.24) is 0 Å². The van der Waals surface area contributed by atoms with Gasteiger partial charge in [-0.2, -0.15) is 0 Å². The molecule has 0 amide bonds. The maximum absolute atomic E-state index is 14.9. The molecular formula is C40H28FN. The average Bonchev–Trinajstić information content (AvgIpc) is 3.06. The number of hydrogen-bond acceptors (Lipinski definition) is 1. The van der Waals surface area contributed by atoms with E-state index in [-0.39, 0.29) is 5.82 Å². The highest BCUT2D eigenvalue weighted by atomic mass is 19.1. The van der Waals surface area contributed by atoms with Crippen molar-refractivity contribution in [1.29, 1.82) is 0 Å². The maximum Gasteiger partial charge on any atom is 0.131 e. The fourth-order valence-corrected chi connectivity index (χ4v) is 5.73. The molecule has 0 aliphatic carbocycles. The predicted molar refractivity (Wildman–Crippen MR) is 175 cm³/mol. The van der Waals surface area contributed by atoms with Crippen LogP contribution in [0.3, 0.4) is 0 Å². The monoisotopic (exact) mass is 541 g/mol. The Morgan fingerprint density at radius 2 is 0.810 bits per heavy atom. The first kappa shape index (κ1) is 25.5. The normalized spacial score (nSPS) is 11.0. The molecule has 0 saturated heterocycles. The third kappa shape index (κ3) is 4.84. The van der Waals surface area contributed by atoms with Crippen LogP contribution < -0.4 is 4.90 Å². The van der Waals surface area contributed by atoms with Crippen molar-refractivity contribution in [3.8, 4) is 33.4 Å². The molecule has 0 saturated carbocycles. The van der Waals surface area contributed by atoms with Crippen molar-refractivity contribution in [2.24, 2.45) is 0 Å². The van der Waals surface area contributed by atoms with Crippen LogP contribution in [-0.2, 0) is 0 Å². The van der Waals surface area contributed by atoms with Gasteiger partial charge in [0.25, 0.3) is 0 Å². The van der Waals surface area contributed by atoms with Crippen molar-refractivity contribution < 1.29 is 4.39 Å². The predicted octanol–water partition coefficient (Wildman–Crippen LogP) is 11.4. The average molecular weight is 542 g/mol. The molecule has 0 aliphatic heterocycles. The lowest BCUT2D eigenvalue weighted by Crippen LogP contribution is -2.09. The van der Waals surface area contributed by atoms with Gasteiger partial charge in [0.05, 0.1) is 0 Å². The summed E-state index contributed by atoms with van der Waals surface area (Å²) < 4.78 is 14.9. The molecule has 0 aromatic heterocycles. The Kier molecular flexibility index (Phi) is 6.79. The fraction of sp³-hybridized carbons (Fsp3) is 0. The van der Waals surface area contributed by atoms with Gasteiger partial charge in [-0.05, 0) is 81.1 Å². The van der Waals surface area contributed by atoms with Gasteiger partial charge in [-0.15, -0.1) is 0 Å². The highest BCUT2D eigenvalue weighted by Crippen LogP contribution is 2.40. The van der Waals surface area contributed by atoms with Crippen molar-refractivity contribution in [3.05, 3.63) is 176 Å². The SMILES string of the molecule is Fc1ccccc1-c1cccc2cccc(-c3ccc(N(c4ccccc4)c4ccc(-c5ccccc5)cc4)cc3)c12. The van der Waals surface area contributed by atoms with Gasteiger partial charge in [0.2, 0.25) is 0 Å². The molecule has 2 heteroatoms. The van der Waals surface area contributed by atoms with Crippen LogP contribution in [0.15, 0.2) is 170 Å². The summed E-state index contributed by atoms with van der Waals surface area (Å²) in [7, 11) is 0. The standard InChI is InChI=1S/C40H28FN/c41-39-20-8-7-17-37(39)38-19-10-14-32-13-9-18-36(40(32)38)31-23-27-35(28-24-31)42(33-15-5-2-6-16-33)34-25-21-30(22-26-34)29-11-3-1-4-12-29/h1-28H. The van der Waals surface area contributed by atoms with Crippen LogP contribution in [0.25, 0.3) is 44.2 Å². The van der Waals surface area contributed by atoms with Crippen LogP contribution in [0.4, 0.5) is 21.5 Å². The van der Waals surface area contributed by atoms with Crippen LogP contribution in [0.2, 0.25) is 0 Å². The molecule has 42 heavy (non-hydrogen) atoms. The number of anilines is 3. The van der Waals surface area contributed by atoms with Gasteiger partial charge in [-0.25, -0.2) is 4.39 Å². The number of fused-ring (bicyclic) bond motifs is 1. The smallest absolute Gasteiger partial charge is 0.131 e. The van der Waals surface area contributed by atoms with Crippen molar-refractivity contribution in [2.75, 3.05) is 4.90 Å². The van der Waals surface area contributed by atoms with E-state index < -0.39 is 0 Å². The Hall–Kier alpha value is -5.47. The van der Waals surface area contributed by atoms with Crippen LogP contribution in [-0.4, -0.2) is 0 Å². The van der Waals surface area contributed by atoms with E-state index in [0.717, 1.165) is 44.5 Å². The molecule has 0 fully saturated rings. The Balaban J connectivity index is 1.31. The van der Waals surface area contributed by atoms with E-state index in [1.54, 1.807) is 6.07 Å². The summed E-state index contributed by atoms with van der Waals surface area (Å²) in [5.41, 5.74) is 9.29. The summed E-state index contributed by atoms with van der Waals surface area (Å²) in [6.45, 7) is 0. The quantitative estimate of drug-likeness (QED) is 0.202. The van der Waals surface area contributed by atoms with Crippen LogP contribution in [0.5, 0.6) is 0 Å². The molecule has 0 bridgehead atoms. The zero-order valence-corrected chi connectivity index (χ0v) is 23.0. The molecule has 0 spiro atoms. The van der Waals surface area contributed by atoms with E-state index in [1.807, 2.05) is 36.4 Å². The van der Waals surface area contributed by atoms with E-state index in [0.29, 0.717) is 5.56 Å². The third-order valence-electron chi connectivity index (χ3n) is 7.75. The molecule has 0 radical (unpaired) electrons. The Bertz CT molecular complexity index is 1960. The summed E-state index contributed by atoms with van der Waals surface area (Å²) in [6, 6.07) is 57.6. The van der Waals surface area contributed by atoms with Gasteiger partial charge in [0, 0.05) is 22.6 Å². The summed E-state index contributed by atoms with van der Waals surface area (Å²) >= 11 is 0. The first-order valence-electron chi connectivity index (χ1n) is 14.1. The van der Waals surface area contributed by atoms with Crippen LogP contribution in [0.1, 0.15) is 0 Å². The molecule has 7 aromatic carbocycles. The summed E-state index contributed by atoms with van der Waals surface area (Å²) in [4.78, 5) is 2.27. The Morgan fingerprint density at radius 3 is 1.45 bits per heavy atom. The van der Waals surface area contributed by atoms with Crippen LogP contribution >= 0.6 is 0 Å². The number of rotatable bonds is 6. The minimum Gasteiger partial charge on any atom is -0.311 e. The van der Waals surface area contributed by atoms with E-state index in [9.17, 15) is 4.39 Å². The van der Waals surface area contributed by atoms with E-state index in [1.165, 1.54) is 17.2 Å². The van der Waals surface area contributed by atoms with E-state index in [4.69, 9.17) is 0 Å². The second kappa shape index (κ2) is 11.2. The van der Waals surface area contributed by atoms with Gasteiger partial charge >= 0.3 is 0 Å². The molecule has 1 nitrogen and oxygen atoms in total. The minimum absolute atomic E-state index is 0.216. The maximum atomic E-state index is 14.9. The molecule has 0 heterocycles. The lowest BCUT2D eigenvalue weighted by atomic mass is 9.91. The van der Waals surface area contributed by atoms with E-state index >= 15 is 0 Å². The molecule has 0 N–H and O–H groups in total. The summed E-state index contributed by atoms with van der Waals surface area (Å²) in [5.74, 6) is -0.216. The Morgan fingerprint density at radius 1 is 0.333 bits per heavy atom. The van der Waals surface area contributed by atoms with Crippen molar-refractivity contribution in [2.45, 2.75) is 0 Å². The summed E-state index contributed by atoms with van der Waals surface area (Å²) in [5, 5.41) is 2.14. The number of para-hydroxylation sites is 1. The minimum atomic E-state index is -0.216. The van der Waals surface area contributed by atoms with Crippen LogP contribution in [0, 0.1) is 5.82 Å². The molecule has 0 atom stereocenters. The third-order valence-corrected chi connectivity index (χ3v) is 7.75. The lowest BCUT2D eigenvalue weighted by molar-refractivity contribution is 0.631. The van der Waals surface area contributed by atoms with Gasteiger partial charge in [-0.3, -0.25) is 0 Å². The number of halogens is 1. The molecule has 0 aliphatic rings. The topological polar surface area (TPSA) is 3.24 Å². The summed E-state index contributed by atoms with van der Waals surface area (Å²) in [6.07, 6.45) is 0. The molecule has 7 aromatic rings. The zero-order chi connectivity index (χ0) is 28.3. The Labute approximate surface area is 245 Å². The first-order chi connectivity index (χ1) is 20.8. The highest BCUT2D eigenvalue weighted by molar-refractivity contribution is 6.06. The largest absolute Gasteiger partial charge is 0.311 e. The lowest BCUT2D eigenvalue weighted by Gasteiger charge is -2.26. The van der Waals surface area contributed by atoms with Gasteiger partial charge < -0.3 is 4.90 Å². The first-order valence-corrected chi connectivity index (χ1v) is 14.1. The molecule has 200 valence electrons. The highest BCUT2D eigenvalue weighted by Gasteiger charge is 2.15. The van der Waals surface area contributed by atoms with Crippen molar-refractivity contribution >= 4 is 27.8 Å². The van der Waals surface area contributed by atoms with Crippen molar-refractivity contribution in [3.63, 3.8) is 0 Å². The molecular weight excluding hydrogens is 513 g/mol. The zero-order valence-electron chi connectivity index (χ0n) is 23.0. The van der Waals surface area contributed by atoms with E-state index in [2.05, 4.69) is 126 Å². The second-order valence-corrected chi connectivity index (χ2v) is 10.3. The second-order valence-electron chi connectivity index (χ2n) is 10.3. The van der Waals surface area contributed by atoms with Gasteiger partial charge in [0.15, 0.2) is 0 Å². The number of hydrogen-bond donors (Lipinski definition) is 0. The molecule has 7 rings (SSSR count). The molecule has 0 unspecified atom stereocenters. The van der Waals surface area contributed by atoms with Gasteiger partial charge in [0.1, 0.15) is 5.82 Å².